The van der Waals surface area contributed by atoms with Crippen LogP contribution in [-0.4, -0.2) is 43.6 Å². The molecule has 22 heavy (non-hydrogen) atoms. The molecule has 2 fully saturated rings. The molecule has 0 spiro atoms. The van der Waals surface area contributed by atoms with Crippen LogP contribution in [0.4, 0.5) is 8.78 Å². The van der Waals surface area contributed by atoms with Gasteiger partial charge < -0.3 is 15.0 Å². The predicted molar refractivity (Wildman–Crippen MR) is 80.5 cm³/mol. The minimum Gasteiger partial charge on any atom is -0.435 e. The van der Waals surface area contributed by atoms with E-state index >= 15 is 0 Å². The number of nitrogens with one attached hydrogen (secondary N) is 1. The van der Waals surface area contributed by atoms with Crippen LogP contribution in [0, 0.1) is 11.8 Å². The lowest BCUT2D eigenvalue weighted by molar-refractivity contribution is -0.129. The van der Waals surface area contributed by atoms with Crippen molar-refractivity contribution < 1.29 is 18.3 Å². The van der Waals surface area contributed by atoms with Crippen LogP contribution in [0.2, 0.25) is 0 Å². The van der Waals surface area contributed by atoms with Crippen molar-refractivity contribution in [2.24, 2.45) is 11.8 Å². The molecule has 0 unspecified atom stereocenters. The Morgan fingerprint density at radius 2 is 1.82 bits per heavy atom. The van der Waals surface area contributed by atoms with Gasteiger partial charge in [-0.2, -0.15) is 8.78 Å². The summed E-state index contributed by atoms with van der Waals surface area (Å²) in [5.74, 6) is 1.38. The summed E-state index contributed by atoms with van der Waals surface area (Å²) in [5.41, 5.74) is 0.816. The summed E-state index contributed by atoms with van der Waals surface area (Å²) in [4.78, 5) is 14.2. The molecule has 2 saturated heterocycles. The van der Waals surface area contributed by atoms with Crippen LogP contribution >= 0.6 is 12.4 Å². The van der Waals surface area contributed by atoms with Crippen LogP contribution < -0.4 is 10.1 Å². The highest BCUT2D eigenvalue weighted by Gasteiger charge is 2.37. The number of benzene rings is 1. The normalized spacial score (nSPS) is 23.3. The third-order valence-corrected chi connectivity index (χ3v) is 4.25. The molecule has 0 bridgehead atoms. The maximum atomic E-state index is 12.3. The fourth-order valence-corrected chi connectivity index (χ4v) is 3.13. The number of rotatable bonds is 4. The van der Waals surface area contributed by atoms with Gasteiger partial charge in [-0.25, -0.2) is 0 Å². The molecule has 4 nitrogen and oxygen atoms in total. The Morgan fingerprint density at radius 1 is 1.23 bits per heavy atom. The molecular weight excluding hydrogens is 314 g/mol. The smallest absolute Gasteiger partial charge is 0.387 e. The maximum absolute atomic E-state index is 12.3. The standard InChI is InChI=1S/C15H18F2N2O2.ClH/c16-15(17)21-13-3-1-10(2-4-13)5-14(20)19-8-11-6-18-7-12(11)9-19;/h1-4,11-12,15,18H,5-9H2;1H/t11-,12+;. The second-order valence-electron chi connectivity index (χ2n) is 5.68. The molecule has 2 heterocycles. The van der Waals surface area contributed by atoms with Crippen molar-refractivity contribution in [2.45, 2.75) is 13.0 Å². The van der Waals surface area contributed by atoms with Crippen molar-refractivity contribution in [1.29, 1.82) is 0 Å². The van der Waals surface area contributed by atoms with Gasteiger partial charge in [0.25, 0.3) is 0 Å². The van der Waals surface area contributed by atoms with Gasteiger partial charge in [-0.15, -0.1) is 12.4 Å². The lowest BCUT2D eigenvalue weighted by Crippen LogP contribution is -2.32. The number of halogens is 3. The highest BCUT2D eigenvalue weighted by atomic mass is 35.5. The van der Waals surface area contributed by atoms with Gasteiger partial charge in [-0.05, 0) is 29.5 Å². The first-order valence-electron chi connectivity index (χ1n) is 7.14. The lowest BCUT2D eigenvalue weighted by atomic mass is 10.0. The molecule has 7 heteroatoms. The maximum Gasteiger partial charge on any atom is 0.387 e. The number of likely N-dealkylation sites (tertiary alicyclic amines) is 1. The average molecular weight is 333 g/mol. The number of amides is 1. The molecule has 2 aliphatic heterocycles. The quantitative estimate of drug-likeness (QED) is 0.916. The summed E-state index contributed by atoms with van der Waals surface area (Å²) < 4.78 is 28.4. The highest BCUT2D eigenvalue weighted by molar-refractivity contribution is 5.85. The summed E-state index contributed by atoms with van der Waals surface area (Å²) in [6, 6.07) is 6.26. The SMILES string of the molecule is Cl.O=C(Cc1ccc(OC(F)F)cc1)N1C[C@H]2CNC[C@H]2C1. The lowest BCUT2D eigenvalue weighted by Gasteiger charge is -2.17. The van der Waals surface area contributed by atoms with E-state index < -0.39 is 6.61 Å². The van der Waals surface area contributed by atoms with E-state index in [-0.39, 0.29) is 24.1 Å². The number of carbonyl (C=O) groups excluding carboxylic acids is 1. The minimum atomic E-state index is -2.82. The highest BCUT2D eigenvalue weighted by Crippen LogP contribution is 2.26. The van der Waals surface area contributed by atoms with Gasteiger partial charge in [0.05, 0.1) is 6.42 Å². The molecule has 0 radical (unpaired) electrons. The summed E-state index contributed by atoms with van der Waals surface area (Å²) in [5, 5.41) is 3.34. The minimum absolute atomic E-state index is 0. The third kappa shape index (κ3) is 3.87. The van der Waals surface area contributed by atoms with Gasteiger partial charge in [-0.3, -0.25) is 4.79 Å². The Labute approximate surface area is 134 Å². The summed E-state index contributed by atoms with van der Waals surface area (Å²) in [6.45, 7) is 0.809. The first-order valence-corrected chi connectivity index (χ1v) is 7.14. The van der Waals surface area contributed by atoms with Crippen molar-refractivity contribution in [3.05, 3.63) is 29.8 Å². The number of fused-ring (bicyclic) bond motifs is 1. The van der Waals surface area contributed by atoms with E-state index in [0.717, 1.165) is 31.7 Å². The Bertz CT molecular complexity index is 501. The molecule has 1 N–H and O–H groups in total. The Balaban J connectivity index is 0.00000176. The first-order chi connectivity index (χ1) is 10.1. The summed E-state index contributed by atoms with van der Waals surface area (Å²) in [6.07, 6.45) is 0.307. The monoisotopic (exact) mass is 332 g/mol. The fourth-order valence-electron chi connectivity index (χ4n) is 3.13. The van der Waals surface area contributed by atoms with E-state index in [1.165, 1.54) is 12.1 Å². The number of hydrogen-bond donors (Lipinski definition) is 1. The number of ether oxygens (including phenoxy) is 1. The van der Waals surface area contributed by atoms with Gasteiger partial charge >= 0.3 is 6.61 Å². The zero-order valence-corrected chi connectivity index (χ0v) is 12.8. The van der Waals surface area contributed by atoms with Gasteiger partial charge in [-0.1, -0.05) is 12.1 Å². The molecular formula is C15H19ClF2N2O2. The van der Waals surface area contributed by atoms with E-state index in [1.807, 2.05) is 4.90 Å². The third-order valence-electron chi connectivity index (χ3n) is 4.25. The molecule has 1 amide bonds. The van der Waals surface area contributed by atoms with Crippen LogP contribution in [0.15, 0.2) is 24.3 Å². The van der Waals surface area contributed by atoms with E-state index in [2.05, 4.69) is 10.1 Å². The Hall–Kier alpha value is -1.40. The predicted octanol–water partition coefficient (Wildman–Crippen LogP) is 1.93. The van der Waals surface area contributed by atoms with Gasteiger partial charge in [0, 0.05) is 26.2 Å². The molecule has 122 valence electrons. The molecule has 3 rings (SSSR count). The van der Waals surface area contributed by atoms with Crippen LogP contribution in [0.1, 0.15) is 5.56 Å². The molecule has 2 atom stereocenters. The zero-order chi connectivity index (χ0) is 14.8. The van der Waals surface area contributed by atoms with E-state index in [9.17, 15) is 13.6 Å². The van der Waals surface area contributed by atoms with Crippen molar-refractivity contribution in [3.8, 4) is 5.75 Å². The second-order valence-corrected chi connectivity index (χ2v) is 5.68. The molecule has 1 aromatic rings. The largest absolute Gasteiger partial charge is 0.435 e. The van der Waals surface area contributed by atoms with Crippen molar-refractivity contribution >= 4 is 18.3 Å². The van der Waals surface area contributed by atoms with Crippen LogP contribution in [0.5, 0.6) is 5.75 Å². The van der Waals surface area contributed by atoms with Crippen molar-refractivity contribution in [2.75, 3.05) is 26.2 Å². The van der Waals surface area contributed by atoms with Gasteiger partial charge in [0.2, 0.25) is 5.91 Å². The van der Waals surface area contributed by atoms with Crippen LogP contribution in [0.25, 0.3) is 0 Å². The van der Waals surface area contributed by atoms with Crippen LogP contribution in [0.3, 0.4) is 0 Å². The molecule has 0 aliphatic carbocycles. The number of hydrogen-bond acceptors (Lipinski definition) is 3. The molecule has 1 aromatic carbocycles. The number of alkyl halides is 2. The zero-order valence-electron chi connectivity index (χ0n) is 12.0. The van der Waals surface area contributed by atoms with E-state index in [4.69, 9.17) is 0 Å². The molecule has 0 aromatic heterocycles. The number of nitrogens with zero attached hydrogens (tertiary/aromatic N) is 1. The number of carbonyl (C=O) groups is 1. The summed E-state index contributed by atoms with van der Waals surface area (Å²) in [7, 11) is 0. The molecule has 0 saturated carbocycles. The van der Waals surface area contributed by atoms with Crippen molar-refractivity contribution in [3.63, 3.8) is 0 Å². The second kappa shape index (κ2) is 7.24. The van der Waals surface area contributed by atoms with Crippen LogP contribution in [-0.2, 0) is 11.2 Å². The summed E-state index contributed by atoms with van der Waals surface area (Å²) >= 11 is 0. The van der Waals surface area contributed by atoms with Gasteiger partial charge in [0.15, 0.2) is 0 Å². The molecule has 2 aliphatic rings. The van der Waals surface area contributed by atoms with E-state index in [1.54, 1.807) is 12.1 Å². The fraction of sp³-hybridized carbons (Fsp3) is 0.533. The Kier molecular flexibility index (Phi) is 5.58. The topological polar surface area (TPSA) is 41.6 Å². The average Bonchev–Trinajstić information content (AvgIpc) is 3.01. The van der Waals surface area contributed by atoms with E-state index in [0.29, 0.717) is 18.3 Å². The van der Waals surface area contributed by atoms with Crippen molar-refractivity contribution in [1.82, 2.24) is 10.2 Å². The Morgan fingerprint density at radius 3 is 2.36 bits per heavy atom. The first kappa shape index (κ1) is 17.0. The van der Waals surface area contributed by atoms with Gasteiger partial charge in [0.1, 0.15) is 5.75 Å².